The van der Waals surface area contributed by atoms with E-state index in [0.29, 0.717) is 11.4 Å². The number of halogens is 1. The van der Waals surface area contributed by atoms with Gasteiger partial charge in [0.1, 0.15) is 6.04 Å². The number of aliphatic carboxylic acids is 1. The first kappa shape index (κ1) is 18.0. The first-order valence-electron chi connectivity index (χ1n) is 7.77. The van der Waals surface area contributed by atoms with Crippen LogP contribution in [0.15, 0.2) is 54.6 Å². The lowest BCUT2D eigenvalue weighted by atomic mass is 9.99. The molecule has 2 atom stereocenters. The monoisotopic (exact) mass is 345 g/mol. The maximum atomic E-state index is 12.3. The van der Waals surface area contributed by atoms with Crippen LogP contribution in [0.3, 0.4) is 0 Å². The van der Waals surface area contributed by atoms with Crippen molar-refractivity contribution in [2.24, 2.45) is 5.92 Å². The van der Waals surface area contributed by atoms with E-state index in [9.17, 15) is 14.7 Å². The predicted octanol–water partition coefficient (Wildman–Crippen LogP) is 3.33. The molecule has 126 valence electrons. The zero-order valence-electron chi connectivity index (χ0n) is 13.4. The maximum Gasteiger partial charge on any atom is 0.326 e. The Morgan fingerprint density at radius 1 is 1.04 bits per heavy atom. The third-order valence-electron chi connectivity index (χ3n) is 3.78. The van der Waals surface area contributed by atoms with Crippen molar-refractivity contribution in [2.45, 2.75) is 25.8 Å². The molecule has 0 fully saturated rings. The molecule has 0 saturated carbocycles. The summed E-state index contributed by atoms with van der Waals surface area (Å²) in [6.07, 6.45) is 0.760. The summed E-state index contributed by atoms with van der Waals surface area (Å²) in [5.74, 6) is -1.67. The minimum atomic E-state index is -1.04. The van der Waals surface area contributed by atoms with Gasteiger partial charge in [0.25, 0.3) is 0 Å². The van der Waals surface area contributed by atoms with Gasteiger partial charge < -0.3 is 10.4 Å². The average molecular weight is 346 g/mol. The van der Waals surface area contributed by atoms with Crippen LogP contribution >= 0.6 is 11.6 Å². The van der Waals surface area contributed by atoms with Crippen molar-refractivity contribution in [1.82, 2.24) is 5.32 Å². The van der Waals surface area contributed by atoms with Crippen molar-refractivity contribution in [3.05, 3.63) is 70.7 Å². The second-order valence-electron chi connectivity index (χ2n) is 5.82. The van der Waals surface area contributed by atoms with Gasteiger partial charge in [-0.25, -0.2) is 4.79 Å². The van der Waals surface area contributed by atoms with Crippen molar-refractivity contribution in [1.29, 1.82) is 0 Å². The standard InChI is InChI=1S/C19H20ClNO3/c1-13(10-15-8-5-9-16(20)11-15)18(22)21-17(19(23)24)12-14-6-3-2-4-7-14/h2-9,11,13,17H,10,12H2,1H3,(H,21,22)(H,23,24). The first-order chi connectivity index (χ1) is 11.5. The van der Waals surface area contributed by atoms with Crippen LogP contribution in [0.25, 0.3) is 0 Å². The summed E-state index contributed by atoms with van der Waals surface area (Å²) >= 11 is 5.95. The fourth-order valence-corrected chi connectivity index (χ4v) is 2.69. The van der Waals surface area contributed by atoms with Crippen molar-refractivity contribution in [3.63, 3.8) is 0 Å². The van der Waals surface area contributed by atoms with Crippen LogP contribution in [0, 0.1) is 5.92 Å². The summed E-state index contributed by atoms with van der Waals surface area (Å²) in [5, 5.41) is 12.6. The van der Waals surface area contributed by atoms with Gasteiger partial charge in [0.2, 0.25) is 5.91 Å². The molecule has 2 aromatic carbocycles. The van der Waals surface area contributed by atoms with Gasteiger partial charge in [-0.1, -0.05) is 61.0 Å². The number of carbonyl (C=O) groups is 2. The van der Waals surface area contributed by atoms with Crippen LogP contribution < -0.4 is 5.32 Å². The fraction of sp³-hybridized carbons (Fsp3) is 0.263. The molecular weight excluding hydrogens is 326 g/mol. The molecular formula is C19H20ClNO3. The van der Waals surface area contributed by atoms with Gasteiger partial charge in [0, 0.05) is 17.4 Å². The van der Waals surface area contributed by atoms with Crippen molar-refractivity contribution in [3.8, 4) is 0 Å². The number of hydrogen-bond acceptors (Lipinski definition) is 2. The molecule has 2 rings (SSSR count). The number of hydrogen-bond donors (Lipinski definition) is 2. The molecule has 2 aromatic rings. The summed E-state index contributed by atoms with van der Waals surface area (Å²) in [7, 11) is 0. The van der Waals surface area contributed by atoms with E-state index >= 15 is 0 Å². The Morgan fingerprint density at radius 2 is 1.71 bits per heavy atom. The smallest absolute Gasteiger partial charge is 0.326 e. The maximum absolute atomic E-state index is 12.3. The fourth-order valence-electron chi connectivity index (χ4n) is 2.47. The largest absolute Gasteiger partial charge is 0.480 e. The zero-order valence-corrected chi connectivity index (χ0v) is 14.2. The van der Waals surface area contributed by atoms with Gasteiger partial charge in [0.05, 0.1) is 0 Å². The molecule has 4 nitrogen and oxygen atoms in total. The topological polar surface area (TPSA) is 66.4 Å². The van der Waals surface area contributed by atoms with Crippen molar-refractivity contribution < 1.29 is 14.7 Å². The molecule has 5 heteroatoms. The summed E-state index contributed by atoms with van der Waals surface area (Å²) in [6.45, 7) is 1.78. The number of carbonyl (C=O) groups excluding carboxylic acids is 1. The van der Waals surface area contributed by atoms with Gasteiger partial charge in [0.15, 0.2) is 0 Å². The molecule has 0 aliphatic carbocycles. The molecule has 0 aromatic heterocycles. The van der Waals surface area contributed by atoms with Crippen LogP contribution in [0.2, 0.25) is 5.02 Å². The number of amides is 1. The lowest BCUT2D eigenvalue weighted by molar-refractivity contribution is -0.142. The summed E-state index contributed by atoms with van der Waals surface area (Å²) < 4.78 is 0. The highest BCUT2D eigenvalue weighted by Gasteiger charge is 2.23. The second-order valence-corrected chi connectivity index (χ2v) is 6.26. The Hall–Kier alpha value is -2.33. The lowest BCUT2D eigenvalue weighted by Crippen LogP contribution is -2.44. The average Bonchev–Trinajstić information content (AvgIpc) is 2.55. The van der Waals surface area contributed by atoms with E-state index in [1.165, 1.54) is 0 Å². The molecule has 0 radical (unpaired) electrons. The normalized spacial score (nSPS) is 13.1. The van der Waals surface area contributed by atoms with Gasteiger partial charge in [-0.15, -0.1) is 0 Å². The number of rotatable bonds is 7. The quantitative estimate of drug-likeness (QED) is 0.808. The molecule has 2 unspecified atom stereocenters. The van der Waals surface area contributed by atoms with Gasteiger partial charge in [-0.3, -0.25) is 4.79 Å². The van der Waals surface area contributed by atoms with E-state index in [2.05, 4.69) is 5.32 Å². The molecule has 2 N–H and O–H groups in total. The van der Waals surface area contributed by atoms with Crippen LogP contribution in [0.4, 0.5) is 0 Å². The Morgan fingerprint density at radius 3 is 2.33 bits per heavy atom. The Bertz CT molecular complexity index is 703. The predicted molar refractivity (Wildman–Crippen MR) is 94.0 cm³/mol. The second kappa shape index (κ2) is 8.50. The zero-order chi connectivity index (χ0) is 17.5. The Kier molecular flexibility index (Phi) is 6.38. The van der Waals surface area contributed by atoms with Crippen molar-refractivity contribution >= 4 is 23.5 Å². The summed E-state index contributed by atoms with van der Waals surface area (Å²) in [6, 6.07) is 15.6. The van der Waals surface area contributed by atoms with Gasteiger partial charge in [-0.05, 0) is 29.7 Å². The molecule has 24 heavy (non-hydrogen) atoms. The molecule has 0 aliphatic heterocycles. The van der Waals surface area contributed by atoms with E-state index in [1.54, 1.807) is 13.0 Å². The minimum Gasteiger partial charge on any atom is -0.480 e. The van der Waals surface area contributed by atoms with Crippen LogP contribution in [-0.2, 0) is 22.4 Å². The number of nitrogens with one attached hydrogen (secondary N) is 1. The molecule has 0 aliphatic rings. The highest BCUT2D eigenvalue weighted by Crippen LogP contribution is 2.15. The molecule has 0 heterocycles. The summed E-state index contributed by atoms with van der Waals surface area (Å²) in [4.78, 5) is 23.8. The molecule has 1 amide bonds. The molecule has 0 saturated heterocycles. The summed E-state index contributed by atoms with van der Waals surface area (Å²) in [5.41, 5.74) is 1.81. The third-order valence-corrected chi connectivity index (χ3v) is 4.01. The number of carboxylic acid groups (broad SMARTS) is 1. The van der Waals surface area contributed by atoms with Crippen LogP contribution in [0.5, 0.6) is 0 Å². The van der Waals surface area contributed by atoms with Gasteiger partial charge >= 0.3 is 5.97 Å². The molecule has 0 spiro atoms. The lowest BCUT2D eigenvalue weighted by Gasteiger charge is -2.18. The first-order valence-corrected chi connectivity index (χ1v) is 8.15. The van der Waals surface area contributed by atoms with E-state index in [0.717, 1.165) is 11.1 Å². The van der Waals surface area contributed by atoms with E-state index < -0.39 is 12.0 Å². The Labute approximate surface area is 146 Å². The van der Waals surface area contributed by atoms with E-state index in [4.69, 9.17) is 11.6 Å². The minimum absolute atomic E-state index is 0.256. The van der Waals surface area contributed by atoms with E-state index in [1.807, 2.05) is 48.5 Å². The molecule has 0 bridgehead atoms. The Balaban J connectivity index is 1.98. The number of carboxylic acids is 1. The van der Waals surface area contributed by atoms with E-state index in [-0.39, 0.29) is 18.2 Å². The van der Waals surface area contributed by atoms with Gasteiger partial charge in [-0.2, -0.15) is 0 Å². The third kappa shape index (κ3) is 5.39. The number of benzene rings is 2. The van der Waals surface area contributed by atoms with Crippen LogP contribution in [-0.4, -0.2) is 23.0 Å². The van der Waals surface area contributed by atoms with Crippen LogP contribution in [0.1, 0.15) is 18.1 Å². The highest BCUT2D eigenvalue weighted by molar-refractivity contribution is 6.30. The SMILES string of the molecule is CC(Cc1cccc(Cl)c1)C(=O)NC(Cc1ccccc1)C(=O)O. The highest BCUT2D eigenvalue weighted by atomic mass is 35.5. The van der Waals surface area contributed by atoms with Crippen molar-refractivity contribution in [2.75, 3.05) is 0 Å².